The number of hydrogen-bond acceptors (Lipinski definition) is 4. The first-order valence-electron chi connectivity index (χ1n) is 5.55. The number of carbonyl (C=O) groups is 1. The SMILES string of the molecule is COc1cc(/C=C/C(=O)c2ccc(Br)s2)cc(Cl)c1O. The maximum atomic E-state index is 11.9. The van der Waals surface area contributed by atoms with Gasteiger partial charge in [-0.1, -0.05) is 17.7 Å². The Bertz CT molecular complexity index is 679. The number of methoxy groups -OCH3 is 1. The summed E-state index contributed by atoms with van der Waals surface area (Å²) in [5.41, 5.74) is 0.675. The monoisotopic (exact) mass is 372 g/mol. The molecular formula is C14H10BrClO3S. The summed E-state index contributed by atoms with van der Waals surface area (Å²) >= 11 is 10.6. The van der Waals surface area contributed by atoms with Crippen molar-refractivity contribution in [1.82, 2.24) is 0 Å². The molecule has 1 aromatic carbocycles. The van der Waals surface area contributed by atoms with Gasteiger partial charge < -0.3 is 9.84 Å². The smallest absolute Gasteiger partial charge is 0.195 e. The summed E-state index contributed by atoms with van der Waals surface area (Å²) < 4.78 is 5.91. The van der Waals surface area contributed by atoms with Crippen LogP contribution in [-0.2, 0) is 0 Å². The summed E-state index contributed by atoms with van der Waals surface area (Å²) in [7, 11) is 1.44. The van der Waals surface area contributed by atoms with Crippen LogP contribution in [0.25, 0.3) is 6.08 Å². The number of aromatic hydroxyl groups is 1. The van der Waals surface area contributed by atoms with E-state index in [0.717, 1.165) is 3.79 Å². The van der Waals surface area contributed by atoms with Crippen LogP contribution in [0.15, 0.2) is 34.1 Å². The third-order valence-electron chi connectivity index (χ3n) is 2.51. The normalized spacial score (nSPS) is 10.9. The zero-order valence-corrected chi connectivity index (χ0v) is 13.6. The number of carbonyl (C=O) groups excluding carboxylic acids is 1. The Morgan fingerprint density at radius 2 is 2.20 bits per heavy atom. The molecule has 0 saturated heterocycles. The number of thiophene rings is 1. The van der Waals surface area contributed by atoms with Crippen molar-refractivity contribution in [2.75, 3.05) is 7.11 Å². The zero-order chi connectivity index (χ0) is 14.7. The summed E-state index contributed by atoms with van der Waals surface area (Å²) in [6, 6.07) is 6.75. The Morgan fingerprint density at radius 3 is 2.80 bits per heavy atom. The molecule has 1 aromatic heterocycles. The molecule has 2 rings (SSSR count). The Labute approximate surface area is 133 Å². The molecule has 0 spiro atoms. The lowest BCUT2D eigenvalue weighted by atomic mass is 10.1. The molecular weight excluding hydrogens is 364 g/mol. The fourth-order valence-corrected chi connectivity index (χ4v) is 3.07. The first-order valence-corrected chi connectivity index (χ1v) is 7.54. The van der Waals surface area contributed by atoms with Gasteiger partial charge in [-0.05, 0) is 51.8 Å². The number of allylic oxidation sites excluding steroid dienone is 1. The van der Waals surface area contributed by atoms with E-state index in [-0.39, 0.29) is 22.3 Å². The lowest BCUT2D eigenvalue weighted by Crippen LogP contribution is -1.89. The summed E-state index contributed by atoms with van der Waals surface area (Å²) in [6.07, 6.45) is 3.09. The highest BCUT2D eigenvalue weighted by atomic mass is 79.9. The van der Waals surface area contributed by atoms with E-state index in [1.54, 1.807) is 24.3 Å². The van der Waals surface area contributed by atoms with Crippen LogP contribution < -0.4 is 4.74 Å². The standard InChI is InChI=1S/C14H10BrClO3S/c1-19-11-7-8(6-9(16)14(11)18)2-3-10(17)12-4-5-13(15)20-12/h2-7,18H,1H3/b3-2+. The van der Waals surface area contributed by atoms with E-state index < -0.39 is 0 Å². The predicted octanol–water partition coefficient (Wildman–Crippen LogP) is 4.77. The van der Waals surface area contributed by atoms with Crippen molar-refractivity contribution in [3.63, 3.8) is 0 Å². The van der Waals surface area contributed by atoms with Gasteiger partial charge in [0, 0.05) is 0 Å². The molecule has 0 aliphatic rings. The van der Waals surface area contributed by atoms with E-state index in [2.05, 4.69) is 15.9 Å². The minimum atomic E-state index is -0.111. The fourth-order valence-electron chi connectivity index (χ4n) is 1.55. The topological polar surface area (TPSA) is 46.5 Å². The van der Waals surface area contributed by atoms with E-state index in [9.17, 15) is 9.90 Å². The third-order valence-corrected chi connectivity index (χ3v) is 4.44. The number of hydrogen-bond donors (Lipinski definition) is 1. The molecule has 0 amide bonds. The fraction of sp³-hybridized carbons (Fsp3) is 0.0714. The molecule has 1 N–H and O–H groups in total. The van der Waals surface area contributed by atoms with Crippen molar-refractivity contribution in [1.29, 1.82) is 0 Å². The molecule has 0 unspecified atom stereocenters. The van der Waals surface area contributed by atoms with Gasteiger partial charge >= 0.3 is 0 Å². The van der Waals surface area contributed by atoms with Gasteiger partial charge in [0.25, 0.3) is 0 Å². The quantitative estimate of drug-likeness (QED) is 0.620. The summed E-state index contributed by atoms with van der Waals surface area (Å²) in [6.45, 7) is 0. The van der Waals surface area contributed by atoms with Gasteiger partial charge in [0.2, 0.25) is 0 Å². The second kappa shape index (κ2) is 6.43. The van der Waals surface area contributed by atoms with Crippen molar-refractivity contribution in [2.24, 2.45) is 0 Å². The van der Waals surface area contributed by atoms with Crippen LogP contribution >= 0.6 is 38.9 Å². The molecule has 20 heavy (non-hydrogen) atoms. The number of ketones is 1. The molecule has 0 radical (unpaired) electrons. The van der Waals surface area contributed by atoms with Gasteiger partial charge in [0.15, 0.2) is 17.3 Å². The Balaban J connectivity index is 2.23. The molecule has 0 aliphatic heterocycles. The first-order chi connectivity index (χ1) is 9.51. The number of ether oxygens (including phenoxy) is 1. The summed E-state index contributed by atoms with van der Waals surface area (Å²) in [5, 5.41) is 9.80. The van der Waals surface area contributed by atoms with E-state index in [1.165, 1.54) is 24.5 Å². The predicted molar refractivity (Wildman–Crippen MR) is 85.1 cm³/mol. The molecule has 0 saturated carbocycles. The second-order valence-electron chi connectivity index (χ2n) is 3.85. The van der Waals surface area contributed by atoms with Crippen LogP contribution in [0.2, 0.25) is 5.02 Å². The van der Waals surface area contributed by atoms with Crippen LogP contribution in [0.1, 0.15) is 15.2 Å². The van der Waals surface area contributed by atoms with Gasteiger partial charge in [-0.25, -0.2) is 0 Å². The molecule has 2 aromatic rings. The van der Waals surface area contributed by atoms with Crippen LogP contribution in [0, 0.1) is 0 Å². The minimum Gasteiger partial charge on any atom is -0.503 e. The lowest BCUT2D eigenvalue weighted by molar-refractivity contribution is 0.105. The highest BCUT2D eigenvalue weighted by molar-refractivity contribution is 9.11. The highest BCUT2D eigenvalue weighted by Gasteiger charge is 2.08. The number of benzene rings is 1. The number of halogens is 2. The van der Waals surface area contributed by atoms with Crippen molar-refractivity contribution < 1.29 is 14.6 Å². The molecule has 0 bridgehead atoms. The van der Waals surface area contributed by atoms with Crippen molar-refractivity contribution in [3.05, 3.63) is 49.6 Å². The molecule has 3 nitrogen and oxygen atoms in total. The van der Waals surface area contributed by atoms with E-state index in [4.69, 9.17) is 16.3 Å². The molecule has 0 fully saturated rings. The van der Waals surface area contributed by atoms with Gasteiger partial charge in [-0.3, -0.25) is 4.79 Å². The maximum absolute atomic E-state index is 11.9. The van der Waals surface area contributed by atoms with Crippen LogP contribution in [0.5, 0.6) is 11.5 Å². The minimum absolute atomic E-state index is 0.0936. The second-order valence-corrected chi connectivity index (χ2v) is 6.73. The van der Waals surface area contributed by atoms with Crippen LogP contribution in [0.4, 0.5) is 0 Å². The Hall–Kier alpha value is -1.30. The largest absolute Gasteiger partial charge is 0.503 e. The average molecular weight is 374 g/mol. The van der Waals surface area contributed by atoms with Crippen molar-refractivity contribution >= 4 is 50.7 Å². The average Bonchev–Trinajstić information content (AvgIpc) is 2.86. The van der Waals surface area contributed by atoms with E-state index in [1.807, 2.05) is 6.07 Å². The summed E-state index contributed by atoms with van der Waals surface area (Å²) in [4.78, 5) is 12.6. The van der Waals surface area contributed by atoms with Crippen LogP contribution in [-0.4, -0.2) is 18.0 Å². The van der Waals surface area contributed by atoms with Gasteiger partial charge in [-0.2, -0.15) is 0 Å². The molecule has 1 heterocycles. The molecule has 6 heteroatoms. The van der Waals surface area contributed by atoms with Crippen molar-refractivity contribution in [3.8, 4) is 11.5 Å². The third kappa shape index (κ3) is 3.42. The highest BCUT2D eigenvalue weighted by Crippen LogP contribution is 2.35. The van der Waals surface area contributed by atoms with Gasteiger partial charge in [0.05, 0.1) is 20.8 Å². The number of phenols is 1. The van der Waals surface area contributed by atoms with Gasteiger partial charge in [-0.15, -0.1) is 11.3 Å². The Kier molecular flexibility index (Phi) is 4.86. The van der Waals surface area contributed by atoms with Gasteiger partial charge in [0.1, 0.15) is 0 Å². The van der Waals surface area contributed by atoms with Crippen molar-refractivity contribution in [2.45, 2.75) is 0 Å². The summed E-state index contributed by atoms with van der Waals surface area (Å²) in [5.74, 6) is 0.0622. The number of phenolic OH excluding ortho intramolecular Hbond substituents is 1. The van der Waals surface area contributed by atoms with Crippen LogP contribution in [0.3, 0.4) is 0 Å². The zero-order valence-electron chi connectivity index (χ0n) is 10.4. The van der Waals surface area contributed by atoms with E-state index in [0.29, 0.717) is 10.4 Å². The lowest BCUT2D eigenvalue weighted by Gasteiger charge is -2.06. The molecule has 0 aliphatic carbocycles. The number of rotatable bonds is 4. The Morgan fingerprint density at radius 1 is 1.45 bits per heavy atom. The molecule has 104 valence electrons. The molecule has 0 atom stereocenters. The maximum Gasteiger partial charge on any atom is 0.195 e. The van der Waals surface area contributed by atoms with E-state index >= 15 is 0 Å². The first kappa shape index (κ1) is 15.1.